The predicted molar refractivity (Wildman–Crippen MR) is 96.8 cm³/mol. The van der Waals surface area contributed by atoms with Gasteiger partial charge in [0.1, 0.15) is 11.3 Å². The second kappa shape index (κ2) is 7.81. The molecule has 27 heavy (non-hydrogen) atoms. The summed E-state index contributed by atoms with van der Waals surface area (Å²) in [5.74, 6) is 0.623. The van der Waals surface area contributed by atoms with Crippen molar-refractivity contribution in [2.75, 3.05) is 0 Å². The Bertz CT molecular complexity index is 1060. The number of halogens is 3. The van der Waals surface area contributed by atoms with E-state index >= 15 is 0 Å². The zero-order chi connectivity index (χ0) is 20.4. The van der Waals surface area contributed by atoms with Crippen LogP contribution in [0.2, 0.25) is 0 Å². The summed E-state index contributed by atoms with van der Waals surface area (Å²) < 4.78 is 39.0. The number of imidazole rings is 1. The van der Waals surface area contributed by atoms with Gasteiger partial charge >= 0.3 is 11.9 Å². The second-order valence-electron chi connectivity index (χ2n) is 6.17. The Morgan fingerprint density at radius 1 is 1.15 bits per heavy atom. The lowest BCUT2D eigenvalue weighted by Gasteiger charge is -2.07. The average Bonchev–Trinajstić information content (AvgIpc) is 3.00. The third kappa shape index (κ3) is 4.47. The van der Waals surface area contributed by atoms with E-state index in [-0.39, 0.29) is 11.2 Å². The molecule has 0 unspecified atom stereocenters. The molecule has 146 valence electrons. The number of nitrogens with zero attached hydrogens (tertiary/aromatic N) is 3. The first-order valence-electron chi connectivity index (χ1n) is 8.34. The van der Waals surface area contributed by atoms with E-state index in [0.717, 1.165) is 22.6 Å². The molecule has 0 spiro atoms. The molecule has 6 nitrogen and oxygen atoms in total. The number of aryl methyl sites for hydroxylation is 3. The highest BCUT2D eigenvalue weighted by Crippen LogP contribution is 2.29. The number of nitrogens with one attached hydrogen (secondary N) is 1. The number of alkyl halides is 3. The van der Waals surface area contributed by atoms with Crippen molar-refractivity contribution in [3.8, 4) is 0 Å². The Labute approximate surface area is 153 Å². The van der Waals surface area contributed by atoms with E-state index in [2.05, 4.69) is 9.97 Å². The fraction of sp³-hybridized carbons (Fsp3) is 0.389. The first-order chi connectivity index (χ1) is 12.6. The largest absolute Gasteiger partial charge is 0.416 e. The number of benzene rings is 1. The van der Waals surface area contributed by atoms with Gasteiger partial charge in [-0.3, -0.25) is 13.9 Å². The van der Waals surface area contributed by atoms with Crippen LogP contribution in [-0.4, -0.2) is 19.1 Å². The van der Waals surface area contributed by atoms with Crippen LogP contribution < -0.4 is 11.2 Å². The van der Waals surface area contributed by atoms with Crippen molar-refractivity contribution < 1.29 is 13.2 Å². The van der Waals surface area contributed by atoms with E-state index in [9.17, 15) is 22.8 Å². The van der Waals surface area contributed by atoms with Crippen molar-refractivity contribution in [3.05, 3.63) is 62.1 Å². The Morgan fingerprint density at radius 3 is 2.41 bits per heavy atom. The molecule has 0 amide bonds. The Hall–Kier alpha value is -2.84. The number of aromatic amines is 1. The molecule has 1 aromatic carbocycles. The average molecular weight is 382 g/mol. The molecule has 0 radical (unpaired) electrons. The summed E-state index contributed by atoms with van der Waals surface area (Å²) in [4.78, 5) is 30.0. The molecule has 2 heterocycles. The van der Waals surface area contributed by atoms with Crippen molar-refractivity contribution >= 4 is 11.2 Å². The van der Waals surface area contributed by atoms with Crippen LogP contribution in [0.1, 0.15) is 30.3 Å². The zero-order valence-electron chi connectivity index (χ0n) is 15.5. The maximum Gasteiger partial charge on any atom is 0.416 e. The smallest absolute Gasteiger partial charge is 0.336 e. The van der Waals surface area contributed by atoms with Crippen molar-refractivity contribution in [3.63, 3.8) is 0 Å². The first kappa shape index (κ1) is 20.5. The summed E-state index contributed by atoms with van der Waals surface area (Å²) in [6, 6.07) is 5.48. The normalized spacial score (nSPS) is 11.4. The topological polar surface area (TPSA) is 72.7 Å². The van der Waals surface area contributed by atoms with Crippen LogP contribution in [0.25, 0.3) is 11.2 Å². The van der Waals surface area contributed by atoms with Crippen LogP contribution in [0.5, 0.6) is 0 Å². The lowest BCUT2D eigenvalue weighted by molar-refractivity contribution is -0.137. The molecule has 0 aliphatic carbocycles. The summed E-state index contributed by atoms with van der Waals surface area (Å²) >= 11 is 0. The van der Waals surface area contributed by atoms with Gasteiger partial charge in [0.05, 0.1) is 5.56 Å². The van der Waals surface area contributed by atoms with Gasteiger partial charge in [0.2, 0.25) is 0 Å². The highest BCUT2D eigenvalue weighted by molar-refractivity contribution is 5.69. The van der Waals surface area contributed by atoms with Gasteiger partial charge < -0.3 is 4.98 Å². The first-order valence-corrected chi connectivity index (χ1v) is 8.34. The molecule has 9 heteroatoms. The molecule has 0 aliphatic rings. The lowest BCUT2D eigenvalue weighted by atomic mass is 10.1. The van der Waals surface area contributed by atoms with Crippen molar-refractivity contribution in [1.29, 1.82) is 0 Å². The molecule has 1 N–H and O–H groups in total. The minimum atomic E-state index is -4.22. The third-order valence-electron chi connectivity index (χ3n) is 4.01. The molecule has 3 aromatic rings. The van der Waals surface area contributed by atoms with Crippen LogP contribution >= 0.6 is 0 Å². The molecule has 3 rings (SSSR count). The van der Waals surface area contributed by atoms with E-state index in [1.807, 2.05) is 6.92 Å². The molecular weight excluding hydrogens is 361 g/mol. The molecule has 0 bridgehead atoms. The van der Waals surface area contributed by atoms with E-state index in [1.54, 1.807) is 20.0 Å². The molecule has 0 atom stereocenters. The van der Waals surface area contributed by atoms with Crippen LogP contribution in [0.4, 0.5) is 13.2 Å². The van der Waals surface area contributed by atoms with Crippen molar-refractivity contribution in [1.82, 2.24) is 19.1 Å². The van der Waals surface area contributed by atoms with E-state index in [4.69, 9.17) is 0 Å². The van der Waals surface area contributed by atoms with Gasteiger partial charge in [0.15, 0.2) is 5.65 Å². The quantitative estimate of drug-likeness (QED) is 0.741. The summed E-state index contributed by atoms with van der Waals surface area (Å²) in [5.41, 5.74) is 0.246. The summed E-state index contributed by atoms with van der Waals surface area (Å²) in [7, 11) is 3.03. The van der Waals surface area contributed by atoms with E-state index in [0.29, 0.717) is 23.4 Å². The number of hydrogen-bond donors (Lipinski definition) is 1. The summed E-state index contributed by atoms with van der Waals surface area (Å²) in [6.07, 6.45) is -2.66. The number of aromatic nitrogens is 4. The summed E-state index contributed by atoms with van der Waals surface area (Å²) in [5, 5.41) is 0. The third-order valence-corrected chi connectivity index (χ3v) is 4.01. The molecule has 2 aromatic heterocycles. The van der Waals surface area contributed by atoms with Gasteiger partial charge in [-0.15, -0.1) is 0 Å². The molecular formula is C18H21F3N4O2. The van der Waals surface area contributed by atoms with Gasteiger partial charge in [-0.1, -0.05) is 31.5 Å². The SMILES string of the molecule is CCCc1cccc(C(F)(F)F)c1.Cc1nc2c([nH]1)c(=O)n(C)c(=O)n2C. The molecule has 0 saturated heterocycles. The number of H-pyrrole nitrogens is 1. The Balaban J connectivity index is 0.000000194. The van der Waals surface area contributed by atoms with Gasteiger partial charge in [0, 0.05) is 14.1 Å². The lowest BCUT2D eigenvalue weighted by Crippen LogP contribution is -2.36. The minimum Gasteiger partial charge on any atom is -0.336 e. The Morgan fingerprint density at radius 2 is 1.81 bits per heavy atom. The van der Waals surface area contributed by atoms with Gasteiger partial charge in [-0.25, -0.2) is 9.78 Å². The van der Waals surface area contributed by atoms with Crippen LogP contribution in [-0.2, 0) is 26.7 Å². The zero-order valence-corrected chi connectivity index (χ0v) is 15.5. The number of hydrogen-bond acceptors (Lipinski definition) is 3. The van der Waals surface area contributed by atoms with E-state index < -0.39 is 11.7 Å². The molecule has 0 saturated carbocycles. The van der Waals surface area contributed by atoms with Crippen molar-refractivity contribution in [2.45, 2.75) is 32.9 Å². The molecule has 0 fully saturated rings. The monoisotopic (exact) mass is 382 g/mol. The fourth-order valence-corrected chi connectivity index (χ4v) is 2.63. The number of fused-ring (bicyclic) bond motifs is 1. The standard InChI is InChI=1S/C10H11F3.C8H10N4O2/c1-2-4-8-5-3-6-9(7-8)10(11,12)13;1-4-9-5-6(10-4)11(2)8(14)12(3)7(5)13/h3,5-7H,2,4H2,1H3;1-3H3,(H,9,10). The number of rotatable bonds is 2. The van der Waals surface area contributed by atoms with Crippen LogP contribution in [0.15, 0.2) is 33.9 Å². The second-order valence-corrected chi connectivity index (χ2v) is 6.17. The van der Waals surface area contributed by atoms with Crippen molar-refractivity contribution in [2.24, 2.45) is 14.1 Å². The van der Waals surface area contributed by atoms with E-state index in [1.165, 1.54) is 23.7 Å². The maximum absolute atomic E-state index is 12.2. The van der Waals surface area contributed by atoms with Crippen LogP contribution in [0, 0.1) is 6.92 Å². The van der Waals surface area contributed by atoms with Gasteiger partial charge in [-0.05, 0) is 25.0 Å². The highest BCUT2D eigenvalue weighted by atomic mass is 19.4. The minimum absolute atomic E-state index is 0.344. The highest BCUT2D eigenvalue weighted by Gasteiger charge is 2.30. The van der Waals surface area contributed by atoms with Gasteiger partial charge in [-0.2, -0.15) is 13.2 Å². The summed E-state index contributed by atoms with van der Waals surface area (Å²) in [6.45, 7) is 3.68. The molecule has 0 aliphatic heterocycles. The van der Waals surface area contributed by atoms with Gasteiger partial charge in [0.25, 0.3) is 5.56 Å². The fourth-order valence-electron chi connectivity index (χ4n) is 2.63. The maximum atomic E-state index is 12.2. The Kier molecular flexibility index (Phi) is 5.92. The van der Waals surface area contributed by atoms with Crippen LogP contribution in [0.3, 0.4) is 0 Å². The predicted octanol–water partition coefficient (Wildman–Crippen LogP) is 2.93.